The summed E-state index contributed by atoms with van der Waals surface area (Å²) in [6.07, 6.45) is 5.02. The van der Waals surface area contributed by atoms with E-state index in [1.807, 2.05) is 0 Å². The third-order valence-electron chi connectivity index (χ3n) is 5.63. The normalized spacial score (nSPS) is 31.9. The highest BCUT2D eigenvalue weighted by Crippen LogP contribution is 2.53. The maximum atomic E-state index is 14.3. The average Bonchev–Trinajstić information content (AvgIpc) is 3.08. The van der Waals surface area contributed by atoms with Gasteiger partial charge in [0, 0.05) is 17.7 Å². The lowest BCUT2D eigenvalue weighted by Gasteiger charge is -2.28. The predicted molar refractivity (Wildman–Crippen MR) is 77.2 cm³/mol. The minimum Gasteiger partial charge on any atom is -0.388 e. The Balaban J connectivity index is 1.64. The van der Waals surface area contributed by atoms with Crippen LogP contribution < -0.4 is 5.32 Å². The third kappa shape index (κ3) is 2.16. The molecule has 112 valence electrons. The van der Waals surface area contributed by atoms with Crippen molar-refractivity contribution in [3.8, 4) is 0 Å². The minimum absolute atomic E-state index is 0.0664. The number of nitrogens with one attached hydrogen (secondary N) is 1. The second-order valence-corrected chi connectivity index (χ2v) is 6.86. The summed E-state index contributed by atoms with van der Waals surface area (Å²) < 4.78 is 14.3. The van der Waals surface area contributed by atoms with Crippen LogP contribution in [-0.2, 0) is 11.2 Å². The number of aliphatic hydroxyl groups excluding tert-OH is 1. The highest BCUT2D eigenvalue weighted by Gasteiger charge is 2.43. The Bertz CT molecular complexity index is 601. The molecular formula is C17H20FNO2. The first-order chi connectivity index (χ1) is 10.1. The molecule has 2 bridgehead atoms. The Morgan fingerprint density at radius 3 is 2.81 bits per heavy atom. The first-order valence-corrected chi connectivity index (χ1v) is 7.92. The van der Waals surface area contributed by atoms with Crippen molar-refractivity contribution in [2.24, 2.45) is 17.8 Å². The van der Waals surface area contributed by atoms with Gasteiger partial charge in [0.1, 0.15) is 5.82 Å². The number of hydrogen-bond acceptors (Lipinski definition) is 2. The van der Waals surface area contributed by atoms with Crippen LogP contribution in [0, 0.1) is 23.6 Å². The van der Waals surface area contributed by atoms with Gasteiger partial charge in [-0.05, 0) is 61.1 Å². The number of carbonyl (C=O) groups excluding carboxylic acids is 1. The second kappa shape index (κ2) is 4.80. The number of rotatable bonds is 2. The topological polar surface area (TPSA) is 49.3 Å². The average molecular weight is 289 g/mol. The summed E-state index contributed by atoms with van der Waals surface area (Å²) in [6, 6.07) is 3.14. The van der Waals surface area contributed by atoms with Gasteiger partial charge in [-0.15, -0.1) is 0 Å². The maximum Gasteiger partial charge on any atom is 0.224 e. The van der Waals surface area contributed by atoms with E-state index in [9.17, 15) is 14.3 Å². The predicted octanol–water partition coefficient (Wildman–Crippen LogP) is 3.18. The van der Waals surface area contributed by atoms with E-state index in [0.29, 0.717) is 30.0 Å². The van der Waals surface area contributed by atoms with E-state index in [1.165, 1.54) is 25.3 Å². The van der Waals surface area contributed by atoms with Gasteiger partial charge >= 0.3 is 0 Å². The quantitative estimate of drug-likeness (QED) is 0.878. The number of halogens is 1. The van der Waals surface area contributed by atoms with Gasteiger partial charge in [-0.1, -0.05) is 6.42 Å². The number of anilines is 1. The van der Waals surface area contributed by atoms with Gasteiger partial charge in [0.2, 0.25) is 5.91 Å². The highest BCUT2D eigenvalue weighted by molar-refractivity contribution is 5.93. The lowest BCUT2D eigenvalue weighted by atomic mass is 9.81. The molecular weight excluding hydrogens is 269 g/mol. The molecule has 2 saturated carbocycles. The summed E-state index contributed by atoms with van der Waals surface area (Å²) in [4.78, 5) is 11.4. The van der Waals surface area contributed by atoms with Gasteiger partial charge < -0.3 is 10.4 Å². The molecule has 21 heavy (non-hydrogen) atoms. The molecule has 2 aliphatic carbocycles. The summed E-state index contributed by atoms with van der Waals surface area (Å²) in [6.45, 7) is 0. The van der Waals surface area contributed by atoms with Crippen molar-refractivity contribution in [2.75, 3.05) is 5.32 Å². The number of carbonyl (C=O) groups is 1. The van der Waals surface area contributed by atoms with Crippen molar-refractivity contribution in [3.05, 3.63) is 29.1 Å². The first kappa shape index (κ1) is 13.3. The van der Waals surface area contributed by atoms with E-state index in [-0.39, 0.29) is 11.8 Å². The standard InChI is InChI=1S/C17H20FNO2/c18-14-8-15-11(3-4-16(20)19-15)7-13(14)17(21)12-6-9-1-2-10(12)5-9/h7-10,12,17,21H,1-6H2,(H,19,20). The van der Waals surface area contributed by atoms with Crippen molar-refractivity contribution in [1.82, 2.24) is 0 Å². The van der Waals surface area contributed by atoms with E-state index in [4.69, 9.17) is 0 Å². The maximum absolute atomic E-state index is 14.3. The van der Waals surface area contributed by atoms with Crippen LogP contribution in [0.4, 0.5) is 10.1 Å². The van der Waals surface area contributed by atoms with Crippen LogP contribution in [0.1, 0.15) is 49.3 Å². The van der Waals surface area contributed by atoms with Crippen LogP contribution in [0.3, 0.4) is 0 Å². The number of benzene rings is 1. The molecule has 2 N–H and O–H groups in total. The van der Waals surface area contributed by atoms with Gasteiger partial charge in [-0.25, -0.2) is 4.39 Å². The molecule has 1 heterocycles. The lowest BCUT2D eigenvalue weighted by Crippen LogP contribution is -2.22. The molecule has 3 nitrogen and oxygen atoms in total. The molecule has 0 radical (unpaired) electrons. The summed E-state index contributed by atoms with van der Waals surface area (Å²) in [5.41, 5.74) is 1.92. The van der Waals surface area contributed by atoms with E-state index in [2.05, 4.69) is 5.32 Å². The number of amides is 1. The number of hydrogen-bond donors (Lipinski definition) is 2. The Morgan fingerprint density at radius 1 is 1.24 bits per heavy atom. The van der Waals surface area contributed by atoms with E-state index >= 15 is 0 Å². The fourth-order valence-electron chi connectivity index (χ4n) is 4.56. The van der Waals surface area contributed by atoms with Gasteiger partial charge in [-0.2, -0.15) is 0 Å². The number of aryl methyl sites for hydroxylation is 1. The number of aliphatic hydroxyl groups is 1. The lowest BCUT2D eigenvalue weighted by molar-refractivity contribution is -0.116. The fourth-order valence-corrected chi connectivity index (χ4v) is 4.56. The summed E-state index contributed by atoms with van der Waals surface area (Å²) in [7, 11) is 0. The van der Waals surface area contributed by atoms with Crippen LogP contribution in [0.15, 0.2) is 12.1 Å². The molecule has 1 amide bonds. The van der Waals surface area contributed by atoms with E-state index in [1.54, 1.807) is 6.07 Å². The van der Waals surface area contributed by atoms with Gasteiger partial charge in [-0.3, -0.25) is 4.79 Å². The summed E-state index contributed by atoms with van der Waals surface area (Å²) >= 11 is 0. The molecule has 4 heteroatoms. The highest BCUT2D eigenvalue weighted by atomic mass is 19.1. The smallest absolute Gasteiger partial charge is 0.224 e. The largest absolute Gasteiger partial charge is 0.388 e. The first-order valence-electron chi connectivity index (χ1n) is 7.92. The van der Waals surface area contributed by atoms with Gasteiger partial charge in [0.05, 0.1) is 6.10 Å². The van der Waals surface area contributed by atoms with Crippen molar-refractivity contribution < 1.29 is 14.3 Å². The third-order valence-corrected chi connectivity index (χ3v) is 5.63. The summed E-state index contributed by atoms with van der Waals surface area (Å²) in [5.74, 6) is 1.03. The Morgan fingerprint density at radius 2 is 2.10 bits per heavy atom. The molecule has 4 unspecified atom stereocenters. The number of fused-ring (bicyclic) bond motifs is 3. The Kier molecular flexibility index (Phi) is 3.03. The van der Waals surface area contributed by atoms with Crippen LogP contribution in [0.25, 0.3) is 0 Å². The van der Waals surface area contributed by atoms with E-state index < -0.39 is 11.9 Å². The zero-order valence-corrected chi connectivity index (χ0v) is 11.9. The minimum atomic E-state index is -0.705. The second-order valence-electron chi connectivity index (χ2n) is 6.86. The van der Waals surface area contributed by atoms with E-state index in [0.717, 1.165) is 17.9 Å². The SMILES string of the molecule is O=C1CCc2cc(C(O)C3CC4CCC3C4)c(F)cc2N1. The van der Waals surface area contributed by atoms with Crippen LogP contribution in [0.5, 0.6) is 0 Å². The summed E-state index contributed by atoms with van der Waals surface area (Å²) in [5, 5.41) is 13.4. The molecule has 2 fully saturated rings. The monoisotopic (exact) mass is 289 g/mol. The fraction of sp³-hybridized carbons (Fsp3) is 0.588. The van der Waals surface area contributed by atoms with Crippen molar-refractivity contribution in [2.45, 2.75) is 44.6 Å². The zero-order valence-electron chi connectivity index (χ0n) is 11.9. The zero-order chi connectivity index (χ0) is 14.6. The van der Waals surface area contributed by atoms with Crippen LogP contribution in [0.2, 0.25) is 0 Å². The molecule has 0 spiro atoms. The molecule has 1 aromatic carbocycles. The molecule has 1 aromatic rings. The molecule has 0 saturated heterocycles. The molecule has 1 aliphatic heterocycles. The van der Waals surface area contributed by atoms with Crippen LogP contribution >= 0.6 is 0 Å². The molecule has 4 rings (SSSR count). The van der Waals surface area contributed by atoms with Gasteiger partial charge in [0.15, 0.2) is 0 Å². The van der Waals surface area contributed by atoms with Crippen LogP contribution in [-0.4, -0.2) is 11.0 Å². The van der Waals surface area contributed by atoms with Crippen molar-refractivity contribution >= 4 is 11.6 Å². The Labute approximate surface area is 123 Å². The van der Waals surface area contributed by atoms with Gasteiger partial charge in [0.25, 0.3) is 0 Å². The Hall–Kier alpha value is -1.42. The molecule has 4 atom stereocenters. The molecule has 3 aliphatic rings. The van der Waals surface area contributed by atoms with Crippen molar-refractivity contribution in [1.29, 1.82) is 0 Å². The molecule has 0 aromatic heterocycles. The van der Waals surface area contributed by atoms with Crippen molar-refractivity contribution in [3.63, 3.8) is 0 Å².